The van der Waals surface area contributed by atoms with Gasteiger partial charge >= 0.3 is 0 Å². The van der Waals surface area contributed by atoms with Crippen molar-refractivity contribution in [1.82, 2.24) is 0 Å². The van der Waals surface area contributed by atoms with Crippen LogP contribution in [0.25, 0.3) is 0 Å². The van der Waals surface area contributed by atoms with Gasteiger partial charge in [0, 0.05) is 7.11 Å². The monoisotopic (exact) mass is 195 g/mol. The predicted molar refractivity (Wildman–Crippen MR) is 51.3 cm³/mol. The molecule has 0 heterocycles. The van der Waals surface area contributed by atoms with Crippen LogP contribution < -0.4 is 5.73 Å². The number of benzene rings is 1. The van der Waals surface area contributed by atoms with Gasteiger partial charge in [-0.25, -0.2) is 0 Å². The van der Waals surface area contributed by atoms with Gasteiger partial charge in [-0.2, -0.15) is 0 Å². The van der Waals surface area contributed by atoms with Crippen LogP contribution in [0.2, 0.25) is 0 Å². The van der Waals surface area contributed by atoms with E-state index in [9.17, 15) is 9.90 Å². The van der Waals surface area contributed by atoms with E-state index in [0.717, 1.165) is 5.56 Å². The largest absolute Gasteiger partial charge is 0.380 e. The molecule has 0 bridgehead atoms. The number of primary amides is 1. The zero-order chi connectivity index (χ0) is 10.6. The third kappa shape index (κ3) is 2.55. The Bertz CT molecular complexity index is 308. The smallest absolute Gasteiger partial charge is 0.250 e. The summed E-state index contributed by atoms with van der Waals surface area (Å²) >= 11 is 0. The van der Waals surface area contributed by atoms with Gasteiger partial charge in [0.1, 0.15) is 0 Å². The Morgan fingerprint density at radius 1 is 1.50 bits per heavy atom. The number of rotatable bonds is 4. The Labute approximate surface area is 82.3 Å². The summed E-state index contributed by atoms with van der Waals surface area (Å²) in [6, 6.07) is 6.88. The summed E-state index contributed by atoms with van der Waals surface area (Å²) in [5.74, 6) is -0.746. The average molecular weight is 195 g/mol. The molecule has 1 amide bonds. The standard InChI is InChI=1S/C10H13NO3/c1-14-6-7-2-4-8(5-3-7)9(12)10(11)13/h2-5,9,12H,6H2,1H3,(H2,11,13). The van der Waals surface area contributed by atoms with Crippen molar-refractivity contribution >= 4 is 5.91 Å². The van der Waals surface area contributed by atoms with Crippen LogP contribution in [-0.4, -0.2) is 18.1 Å². The molecule has 4 nitrogen and oxygen atoms in total. The van der Waals surface area contributed by atoms with Gasteiger partial charge in [-0.15, -0.1) is 0 Å². The van der Waals surface area contributed by atoms with Crippen molar-refractivity contribution in [3.63, 3.8) is 0 Å². The van der Waals surface area contributed by atoms with E-state index < -0.39 is 12.0 Å². The molecule has 0 aliphatic heterocycles. The molecule has 76 valence electrons. The Morgan fingerprint density at radius 2 is 2.07 bits per heavy atom. The van der Waals surface area contributed by atoms with E-state index in [1.807, 2.05) is 0 Å². The van der Waals surface area contributed by atoms with Gasteiger partial charge in [-0.3, -0.25) is 4.79 Å². The van der Waals surface area contributed by atoms with Crippen LogP contribution in [0, 0.1) is 0 Å². The number of hydrogen-bond donors (Lipinski definition) is 2. The van der Waals surface area contributed by atoms with Crippen molar-refractivity contribution in [2.24, 2.45) is 5.73 Å². The van der Waals surface area contributed by atoms with Gasteiger partial charge in [-0.1, -0.05) is 24.3 Å². The number of aliphatic hydroxyl groups is 1. The highest BCUT2D eigenvalue weighted by Crippen LogP contribution is 2.13. The summed E-state index contributed by atoms with van der Waals surface area (Å²) in [6.07, 6.45) is -1.23. The van der Waals surface area contributed by atoms with Gasteiger partial charge in [0.25, 0.3) is 5.91 Å². The molecule has 0 fully saturated rings. The number of ether oxygens (including phenoxy) is 1. The highest BCUT2D eigenvalue weighted by molar-refractivity contribution is 5.80. The number of amides is 1. The Balaban J connectivity index is 2.77. The van der Waals surface area contributed by atoms with Gasteiger partial charge in [0.15, 0.2) is 6.10 Å². The van der Waals surface area contributed by atoms with Crippen molar-refractivity contribution in [2.45, 2.75) is 12.7 Å². The molecule has 1 aromatic rings. The minimum Gasteiger partial charge on any atom is -0.380 e. The second-order valence-electron chi connectivity index (χ2n) is 2.98. The van der Waals surface area contributed by atoms with E-state index in [0.29, 0.717) is 12.2 Å². The van der Waals surface area contributed by atoms with Crippen LogP contribution in [0.15, 0.2) is 24.3 Å². The maximum atomic E-state index is 10.7. The number of aliphatic hydroxyl groups excluding tert-OH is 1. The minimum absolute atomic E-state index is 0.498. The van der Waals surface area contributed by atoms with E-state index >= 15 is 0 Å². The van der Waals surface area contributed by atoms with E-state index in [4.69, 9.17) is 10.5 Å². The summed E-state index contributed by atoms with van der Waals surface area (Å²) in [7, 11) is 1.60. The van der Waals surface area contributed by atoms with Gasteiger partial charge in [0.05, 0.1) is 6.61 Å². The molecular formula is C10H13NO3. The van der Waals surface area contributed by atoms with Crippen molar-refractivity contribution in [3.8, 4) is 0 Å². The van der Waals surface area contributed by atoms with E-state index in [1.165, 1.54) is 0 Å². The predicted octanol–water partition coefficient (Wildman–Crippen LogP) is 0.352. The van der Waals surface area contributed by atoms with Crippen molar-refractivity contribution < 1.29 is 14.6 Å². The fourth-order valence-electron chi connectivity index (χ4n) is 1.13. The molecule has 1 aromatic carbocycles. The molecule has 4 heteroatoms. The number of methoxy groups -OCH3 is 1. The van der Waals surface area contributed by atoms with Crippen LogP contribution in [0.5, 0.6) is 0 Å². The minimum atomic E-state index is -1.23. The summed E-state index contributed by atoms with van der Waals surface area (Å²) in [5, 5.41) is 9.31. The molecule has 0 saturated carbocycles. The average Bonchev–Trinajstić information content (AvgIpc) is 2.18. The van der Waals surface area contributed by atoms with Crippen LogP contribution in [0.1, 0.15) is 17.2 Å². The molecule has 14 heavy (non-hydrogen) atoms. The SMILES string of the molecule is COCc1ccc(C(O)C(N)=O)cc1. The van der Waals surface area contributed by atoms with E-state index in [2.05, 4.69) is 0 Å². The topological polar surface area (TPSA) is 72.6 Å². The number of nitrogens with two attached hydrogens (primary N) is 1. The molecule has 0 aliphatic rings. The van der Waals surface area contributed by atoms with E-state index in [1.54, 1.807) is 31.4 Å². The Kier molecular flexibility index (Phi) is 3.62. The first-order valence-electron chi connectivity index (χ1n) is 4.20. The van der Waals surface area contributed by atoms with Crippen LogP contribution in [0.3, 0.4) is 0 Å². The first kappa shape index (κ1) is 10.7. The lowest BCUT2D eigenvalue weighted by Crippen LogP contribution is -2.20. The second-order valence-corrected chi connectivity index (χ2v) is 2.98. The second kappa shape index (κ2) is 4.74. The number of carbonyl (C=O) groups excluding carboxylic acids is 1. The molecular weight excluding hydrogens is 182 g/mol. The lowest BCUT2D eigenvalue weighted by Gasteiger charge is -2.07. The third-order valence-corrected chi connectivity index (χ3v) is 1.88. The van der Waals surface area contributed by atoms with Crippen LogP contribution in [-0.2, 0) is 16.1 Å². The van der Waals surface area contributed by atoms with Gasteiger partial charge in [0.2, 0.25) is 0 Å². The molecule has 1 rings (SSSR count). The third-order valence-electron chi connectivity index (χ3n) is 1.88. The fourth-order valence-corrected chi connectivity index (χ4v) is 1.13. The van der Waals surface area contributed by atoms with Crippen molar-refractivity contribution in [1.29, 1.82) is 0 Å². The van der Waals surface area contributed by atoms with Gasteiger partial charge in [-0.05, 0) is 11.1 Å². The lowest BCUT2D eigenvalue weighted by atomic mass is 10.1. The van der Waals surface area contributed by atoms with Gasteiger partial charge < -0.3 is 15.6 Å². The summed E-state index contributed by atoms with van der Waals surface area (Å²) in [4.78, 5) is 10.7. The molecule has 3 N–H and O–H groups in total. The zero-order valence-electron chi connectivity index (χ0n) is 7.93. The molecule has 0 aliphatic carbocycles. The summed E-state index contributed by atoms with van der Waals surface area (Å²) in [5.41, 5.74) is 6.43. The molecule has 1 unspecified atom stereocenters. The number of hydrogen-bond acceptors (Lipinski definition) is 3. The summed E-state index contributed by atoms with van der Waals surface area (Å²) < 4.78 is 4.92. The van der Waals surface area contributed by atoms with E-state index in [-0.39, 0.29) is 0 Å². The molecule has 0 aromatic heterocycles. The molecule has 0 saturated heterocycles. The lowest BCUT2D eigenvalue weighted by molar-refractivity contribution is -0.126. The molecule has 0 radical (unpaired) electrons. The molecule has 1 atom stereocenters. The normalized spacial score (nSPS) is 12.4. The first-order valence-corrected chi connectivity index (χ1v) is 4.20. The maximum absolute atomic E-state index is 10.7. The molecule has 0 spiro atoms. The van der Waals surface area contributed by atoms with Crippen LogP contribution in [0.4, 0.5) is 0 Å². The number of carbonyl (C=O) groups is 1. The quantitative estimate of drug-likeness (QED) is 0.728. The summed E-state index contributed by atoms with van der Waals surface area (Å²) in [6.45, 7) is 0.507. The van der Waals surface area contributed by atoms with Crippen molar-refractivity contribution in [3.05, 3.63) is 35.4 Å². The Morgan fingerprint density at radius 3 is 2.50 bits per heavy atom. The van der Waals surface area contributed by atoms with Crippen LogP contribution >= 0.6 is 0 Å². The fraction of sp³-hybridized carbons (Fsp3) is 0.300. The zero-order valence-corrected chi connectivity index (χ0v) is 7.93. The highest BCUT2D eigenvalue weighted by Gasteiger charge is 2.12. The van der Waals surface area contributed by atoms with Crippen molar-refractivity contribution in [2.75, 3.05) is 7.11 Å². The highest BCUT2D eigenvalue weighted by atomic mass is 16.5. The first-order chi connectivity index (χ1) is 6.65. The maximum Gasteiger partial charge on any atom is 0.250 e. The Hall–Kier alpha value is -1.39.